The second-order valence-corrected chi connectivity index (χ2v) is 4.69. The molecule has 3 aromatic heterocycles. The highest BCUT2D eigenvalue weighted by Gasteiger charge is 2.13. The Hall–Kier alpha value is -2.89. The van der Waals surface area contributed by atoms with Gasteiger partial charge in [-0.1, -0.05) is 0 Å². The van der Waals surface area contributed by atoms with Gasteiger partial charge in [0.05, 0.1) is 35.0 Å². The smallest absolute Gasteiger partial charge is 0.337 e. The molecule has 0 radical (unpaired) electrons. The number of carbonyl (C=O) groups is 1. The van der Waals surface area contributed by atoms with Crippen molar-refractivity contribution >= 4 is 16.9 Å². The van der Waals surface area contributed by atoms with Gasteiger partial charge in [0.2, 0.25) is 0 Å². The fraction of sp³-hybridized carbons (Fsp3) is 0.133. The van der Waals surface area contributed by atoms with Gasteiger partial charge in [-0.05, 0) is 31.2 Å². The molecule has 3 aromatic rings. The fourth-order valence-electron chi connectivity index (χ4n) is 2.22. The Bertz CT molecular complexity index is 879. The average Bonchev–Trinajstić information content (AvgIpc) is 2.94. The predicted molar refractivity (Wildman–Crippen MR) is 75.5 cm³/mol. The number of furan rings is 1. The molecule has 0 aliphatic carbocycles. The zero-order valence-corrected chi connectivity index (χ0v) is 11.2. The van der Waals surface area contributed by atoms with E-state index < -0.39 is 5.97 Å². The summed E-state index contributed by atoms with van der Waals surface area (Å²) < 4.78 is 6.68. The van der Waals surface area contributed by atoms with Crippen LogP contribution in [0.4, 0.5) is 0 Å². The average molecular weight is 284 g/mol. The maximum absolute atomic E-state index is 12.4. The summed E-state index contributed by atoms with van der Waals surface area (Å²) in [6.07, 6.45) is 3.16. The van der Waals surface area contributed by atoms with Gasteiger partial charge in [0.25, 0.3) is 5.56 Å². The molecule has 0 saturated carbocycles. The van der Waals surface area contributed by atoms with Crippen LogP contribution in [0.2, 0.25) is 0 Å². The highest BCUT2D eigenvalue weighted by atomic mass is 16.4. The van der Waals surface area contributed by atoms with Crippen LogP contribution in [0.1, 0.15) is 21.8 Å². The minimum atomic E-state index is -1.09. The first kappa shape index (κ1) is 13.1. The minimum Gasteiger partial charge on any atom is -0.478 e. The number of carboxylic acids is 1. The topological polar surface area (TPSA) is 85.3 Å². The summed E-state index contributed by atoms with van der Waals surface area (Å²) in [7, 11) is 0. The highest BCUT2D eigenvalue weighted by Crippen LogP contribution is 2.14. The molecule has 6 nitrogen and oxygen atoms in total. The fourth-order valence-corrected chi connectivity index (χ4v) is 2.22. The van der Waals surface area contributed by atoms with Crippen LogP contribution in [-0.4, -0.2) is 20.6 Å². The number of nitrogens with zero attached hydrogens (tertiary/aromatic N) is 2. The maximum atomic E-state index is 12.4. The van der Waals surface area contributed by atoms with Crippen LogP contribution in [-0.2, 0) is 6.54 Å². The third kappa shape index (κ3) is 2.31. The molecular weight excluding hydrogens is 272 g/mol. The van der Waals surface area contributed by atoms with Crippen LogP contribution in [0.3, 0.4) is 0 Å². The molecule has 0 aromatic carbocycles. The van der Waals surface area contributed by atoms with Gasteiger partial charge < -0.3 is 14.1 Å². The van der Waals surface area contributed by atoms with Crippen LogP contribution < -0.4 is 5.56 Å². The first-order chi connectivity index (χ1) is 10.1. The number of aromatic carboxylic acids is 1. The Morgan fingerprint density at radius 3 is 2.90 bits per heavy atom. The van der Waals surface area contributed by atoms with Crippen molar-refractivity contribution in [3.63, 3.8) is 0 Å². The van der Waals surface area contributed by atoms with Gasteiger partial charge in [0.15, 0.2) is 0 Å². The molecule has 0 aliphatic rings. The van der Waals surface area contributed by atoms with Gasteiger partial charge in [0.1, 0.15) is 5.76 Å². The van der Waals surface area contributed by atoms with Gasteiger partial charge in [0, 0.05) is 6.20 Å². The lowest BCUT2D eigenvalue weighted by atomic mass is 10.1. The van der Waals surface area contributed by atoms with E-state index in [2.05, 4.69) is 4.98 Å². The Kier molecular flexibility index (Phi) is 3.06. The number of aryl methyl sites for hydroxylation is 1. The molecule has 0 unspecified atom stereocenters. The van der Waals surface area contributed by atoms with E-state index in [1.807, 2.05) is 0 Å². The highest BCUT2D eigenvalue weighted by molar-refractivity contribution is 5.93. The molecule has 0 fully saturated rings. The molecule has 0 spiro atoms. The van der Waals surface area contributed by atoms with Crippen molar-refractivity contribution in [3.8, 4) is 0 Å². The maximum Gasteiger partial charge on any atom is 0.337 e. The standard InChI is InChI=1S/C15H12N2O4/c1-9-11(15(19)20)7-12-13(16-9)4-5-17(14(12)18)8-10-3-2-6-21-10/h2-7H,8H2,1H3,(H,19,20). The van der Waals surface area contributed by atoms with Crippen LogP contribution in [0.5, 0.6) is 0 Å². The molecule has 0 bridgehead atoms. The van der Waals surface area contributed by atoms with E-state index in [1.54, 1.807) is 31.3 Å². The summed E-state index contributed by atoms with van der Waals surface area (Å²) in [4.78, 5) is 27.8. The SMILES string of the molecule is Cc1nc2ccn(Cc3ccco3)c(=O)c2cc1C(=O)O. The lowest BCUT2D eigenvalue weighted by Crippen LogP contribution is -2.21. The summed E-state index contributed by atoms with van der Waals surface area (Å²) in [5.41, 5.74) is 0.616. The number of hydrogen-bond donors (Lipinski definition) is 1. The Balaban J connectivity index is 2.17. The molecule has 3 heterocycles. The Morgan fingerprint density at radius 2 is 2.24 bits per heavy atom. The van der Waals surface area contributed by atoms with Crippen molar-refractivity contribution in [1.82, 2.24) is 9.55 Å². The molecule has 6 heteroatoms. The zero-order valence-electron chi connectivity index (χ0n) is 11.2. The third-order valence-electron chi connectivity index (χ3n) is 3.28. The lowest BCUT2D eigenvalue weighted by molar-refractivity contribution is 0.0696. The second kappa shape index (κ2) is 4.90. The monoisotopic (exact) mass is 284 g/mol. The van der Waals surface area contributed by atoms with Crippen LogP contribution >= 0.6 is 0 Å². The molecule has 3 rings (SSSR count). The normalized spacial score (nSPS) is 10.9. The molecule has 21 heavy (non-hydrogen) atoms. The third-order valence-corrected chi connectivity index (χ3v) is 3.28. The van der Waals surface area contributed by atoms with Crippen molar-refractivity contribution in [2.45, 2.75) is 13.5 Å². The number of aromatic nitrogens is 2. The minimum absolute atomic E-state index is 0.0374. The van der Waals surface area contributed by atoms with Crippen molar-refractivity contribution in [1.29, 1.82) is 0 Å². The van der Waals surface area contributed by atoms with E-state index in [-0.39, 0.29) is 23.1 Å². The molecular formula is C15H12N2O4. The molecule has 0 amide bonds. The van der Waals surface area contributed by atoms with Gasteiger partial charge in [-0.2, -0.15) is 0 Å². The molecule has 1 N–H and O–H groups in total. The molecule has 0 atom stereocenters. The summed E-state index contributed by atoms with van der Waals surface area (Å²) in [5, 5.41) is 9.41. The number of carboxylic acid groups (broad SMARTS) is 1. The van der Waals surface area contributed by atoms with Crippen molar-refractivity contribution in [3.05, 3.63) is 64.1 Å². The number of pyridine rings is 2. The number of fused-ring (bicyclic) bond motifs is 1. The summed E-state index contributed by atoms with van der Waals surface area (Å²) in [6, 6.07) is 6.58. The Labute approximate surface area is 119 Å². The predicted octanol–water partition coefficient (Wildman–Crippen LogP) is 2.04. The number of rotatable bonds is 3. The lowest BCUT2D eigenvalue weighted by Gasteiger charge is -2.07. The first-order valence-electron chi connectivity index (χ1n) is 6.33. The van der Waals surface area contributed by atoms with Crippen molar-refractivity contribution in [2.24, 2.45) is 0 Å². The van der Waals surface area contributed by atoms with Gasteiger partial charge >= 0.3 is 5.97 Å². The molecule has 0 aliphatic heterocycles. The summed E-state index contributed by atoms with van der Waals surface area (Å²) in [6.45, 7) is 1.90. The van der Waals surface area contributed by atoms with Gasteiger partial charge in [-0.3, -0.25) is 9.78 Å². The largest absolute Gasteiger partial charge is 0.478 e. The zero-order chi connectivity index (χ0) is 15.0. The van der Waals surface area contributed by atoms with Crippen LogP contribution in [0.25, 0.3) is 10.9 Å². The van der Waals surface area contributed by atoms with E-state index in [0.717, 1.165) is 0 Å². The van der Waals surface area contributed by atoms with E-state index >= 15 is 0 Å². The van der Waals surface area contributed by atoms with E-state index in [1.165, 1.54) is 16.9 Å². The second-order valence-electron chi connectivity index (χ2n) is 4.69. The first-order valence-corrected chi connectivity index (χ1v) is 6.33. The molecule has 0 saturated heterocycles. The van der Waals surface area contributed by atoms with E-state index in [0.29, 0.717) is 17.0 Å². The number of hydrogen-bond acceptors (Lipinski definition) is 4. The van der Waals surface area contributed by atoms with Gasteiger partial charge in [-0.15, -0.1) is 0 Å². The van der Waals surface area contributed by atoms with E-state index in [4.69, 9.17) is 9.52 Å². The van der Waals surface area contributed by atoms with E-state index in [9.17, 15) is 9.59 Å². The Morgan fingerprint density at radius 1 is 1.43 bits per heavy atom. The molecule has 106 valence electrons. The summed E-state index contributed by atoms with van der Waals surface area (Å²) in [5.74, 6) is -0.447. The van der Waals surface area contributed by atoms with Gasteiger partial charge in [-0.25, -0.2) is 4.79 Å². The summed E-state index contributed by atoms with van der Waals surface area (Å²) >= 11 is 0. The van der Waals surface area contributed by atoms with Crippen molar-refractivity contribution < 1.29 is 14.3 Å². The van der Waals surface area contributed by atoms with Crippen LogP contribution in [0, 0.1) is 6.92 Å². The van der Waals surface area contributed by atoms with Crippen LogP contribution in [0.15, 0.2) is 45.9 Å². The quantitative estimate of drug-likeness (QED) is 0.795. The van der Waals surface area contributed by atoms with Crippen molar-refractivity contribution in [2.75, 3.05) is 0 Å².